The number of nitrogens with zero attached hydrogens (tertiary/aromatic N) is 1. The summed E-state index contributed by atoms with van der Waals surface area (Å²) < 4.78 is 0. The number of anilines is 3. The van der Waals surface area contributed by atoms with E-state index in [1.165, 1.54) is 99.4 Å². The molecular weight excluding hydrogens is 855 g/mol. The second kappa shape index (κ2) is 17.5. The van der Waals surface area contributed by atoms with Crippen molar-refractivity contribution in [3.05, 3.63) is 296 Å². The van der Waals surface area contributed by atoms with E-state index >= 15 is 0 Å². The maximum atomic E-state index is 2.50. The molecule has 12 aromatic carbocycles. The minimum atomic E-state index is -0.321. The van der Waals surface area contributed by atoms with Crippen molar-refractivity contribution in [3.8, 4) is 66.8 Å². The van der Waals surface area contributed by atoms with Gasteiger partial charge in [-0.3, -0.25) is 0 Å². The van der Waals surface area contributed by atoms with Gasteiger partial charge in [0.2, 0.25) is 0 Å². The van der Waals surface area contributed by atoms with E-state index in [0.717, 1.165) is 22.6 Å². The molecule has 0 spiro atoms. The number of hydrogen-bond donors (Lipinski definition) is 0. The molecule has 1 aliphatic carbocycles. The fourth-order valence-corrected chi connectivity index (χ4v) is 11.6. The molecule has 1 heteroatoms. The van der Waals surface area contributed by atoms with Crippen molar-refractivity contribution in [2.75, 3.05) is 4.90 Å². The monoisotopic (exact) mass is 903 g/mol. The first kappa shape index (κ1) is 42.1. The second-order valence-corrected chi connectivity index (χ2v) is 18.9. The summed E-state index contributed by atoms with van der Waals surface area (Å²) in [5.74, 6) is 0. The summed E-state index contributed by atoms with van der Waals surface area (Å²) >= 11 is 0. The Morgan fingerprint density at radius 1 is 0.282 bits per heavy atom. The summed E-state index contributed by atoms with van der Waals surface area (Å²) in [7, 11) is 0. The van der Waals surface area contributed by atoms with Gasteiger partial charge in [0, 0.05) is 22.2 Å². The number of rotatable bonds is 9. The highest BCUT2D eigenvalue weighted by molar-refractivity contribution is 6.09. The fraction of sp³-hybridized carbons (Fsp3) is 0.0286. The maximum absolute atomic E-state index is 2.50. The Balaban J connectivity index is 1.00. The Morgan fingerprint density at radius 3 is 1.45 bits per heavy atom. The van der Waals surface area contributed by atoms with E-state index in [9.17, 15) is 0 Å². The van der Waals surface area contributed by atoms with Crippen LogP contribution in [0, 0.1) is 0 Å². The van der Waals surface area contributed by atoms with Crippen molar-refractivity contribution in [2.45, 2.75) is 12.3 Å². The van der Waals surface area contributed by atoms with Crippen LogP contribution < -0.4 is 4.90 Å². The van der Waals surface area contributed by atoms with Gasteiger partial charge in [0.15, 0.2) is 0 Å². The SMILES string of the molecule is CC1(c2ccccc2)c2ccccc2-c2c(-c3ccccc3N(c3ccc(-c4ccc(-c5cccc6ccccc56)cc4)cc3)c3ccccc3-c3cccc4cccc(-c5ccccc5)c34)cccc21. The fourth-order valence-electron chi connectivity index (χ4n) is 11.6. The third-order valence-corrected chi connectivity index (χ3v) is 15.0. The Bertz CT molecular complexity index is 3920. The van der Waals surface area contributed by atoms with Crippen molar-refractivity contribution in [2.24, 2.45) is 0 Å². The molecule has 1 aliphatic rings. The molecular formula is C70H49N. The van der Waals surface area contributed by atoms with Gasteiger partial charge in [-0.1, -0.05) is 255 Å². The van der Waals surface area contributed by atoms with Crippen LogP contribution in [0.25, 0.3) is 88.3 Å². The lowest BCUT2D eigenvalue weighted by atomic mass is 9.74. The largest absolute Gasteiger partial charge is 0.309 e. The quantitative estimate of drug-likeness (QED) is 0.139. The average molecular weight is 904 g/mol. The van der Waals surface area contributed by atoms with Gasteiger partial charge in [-0.15, -0.1) is 0 Å². The number of fused-ring (bicyclic) bond motifs is 5. The molecule has 13 rings (SSSR count). The first-order valence-corrected chi connectivity index (χ1v) is 24.7. The lowest BCUT2D eigenvalue weighted by Gasteiger charge is -2.31. The third-order valence-electron chi connectivity index (χ3n) is 15.0. The Kier molecular flexibility index (Phi) is 10.4. The van der Waals surface area contributed by atoms with Gasteiger partial charge in [0.05, 0.1) is 11.4 Å². The van der Waals surface area contributed by atoms with Crippen LogP contribution in [0.5, 0.6) is 0 Å². The zero-order valence-corrected chi connectivity index (χ0v) is 39.5. The number of hydrogen-bond acceptors (Lipinski definition) is 1. The van der Waals surface area contributed by atoms with E-state index in [2.05, 4.69) is 291 Å². The Labute approximate surface area is 416 Å². The van der Waals surface area contributed by atoms with E-state index in [1.54, 1.807) is 0 Å². The molecule has 1 unspecified atom stereocenters. The standard InChI is InChI=1S/C70H49N/c1-70(54-26-6-3-7-27-54)64-36-13-10-31-63(64)69-62(35-19-37-65(69)70)60-30-12-15-39-67(60)71(55-46-44-49(45-47-55)48-40-42-52(43-41-48)57-32-16-23-50-22-8-9-28-56(50)57)66-38-14-11-29-59(66)61-34-18-25-53-24-17-33-58(68(53)61)51-20-4-2-5-21-51/h2-47H,1H3. The van der Waals surface area contributed by atoms with Crippen LogP contribution in [0.3, 0.4) is 0 Å². The average Bonchev–Trinajstić information content (AvgIpc) is 3.72. The van der Waals surface area contributed by atoms with Crippen LogP contribution in [-0.4, -0.2) is 0 Å². The second-order valence-electron chi connectivity index (χ2n) is 18.9. The van der Waals surface area contributed by atoms with Crippen molar-refractivity contribution in [1.82, 2.24) is 0 Å². The van der Waals surface area contributed by atoms with E-state index < -0.39 is 0 Å². The van der Waals surface area contributed by atoms with Crippen LogP contribution in [0.4, 0.5) is 17.1 Å². The first-order chi connectivity index (χ1) is 35.1. The molecule has 0 saturated carbocycles. The van der Waals surface area contributed by atoms with Crippen molar-refractivity contribution in [3.63, 3.8) is 0 Å². The van der Waals surface area contributed by atoms with Crippen LogP contribution in [0.15, 0.2) is 279 Å². The van der Waals surface area contributed by atoms with Gasteiger partial charge in [0.1, 0.15) is 0 Å². The Hall–Kier alpha value is -9.04. The Morgan fingerprint density at radius 2 is 0.732 bits per heavy atom. The van der Waals surface area contributed by atoms with E-state index in [1.807, 2.05) is 0 Å². The topological polar surface area (TPSA) is 3.24 Å². The van der Waals surface area contributed by atoms with Crippen LogP contribution in [0.2, 0.25) is 0 Å². The molecule has 0 fully saturated rings. The minimum absolute atomic E-state index is 0.321. The van der Waals surface area contributed by atoms with Gasteiger partial charge >= 0.3 is 0 Å². The summed E-state index contributed by atoms with van der Waals surface area (Å²) in [5.41, 5.74) is 21.4. The van der Waals surface area contributed by atoms with Crippen LogP contribution >= 0.6 is 0 Å². The summed E-state index contributed by atoms with van der Waals surface area (Å²) in [5, 5.41) is 4.97. The van der Waals surface area contributed by atoms with E-state index in [4.69, 9.17) is 0 Å². The van der Waals surface area contributed by atoms with Gasteiger partial charge in [0.25, 0.3) is 0 Å². The van der Waals surface area contributed by atoms with Gasteiger partial charge in [-0.05, 0) is 125 Å². The van der Waals surface area contributed by atoms with E-state index in [0.29, 0.717) is 0 Å². The van der Waals surface area contributed by atoms with Crippen LogP contribution in [0.1, 0.15) is 23.6 Å². The predicted molar refractivity (Wildman–Crippen MR) is 301 cm³/mol. The molecule has 0 bridgehead atoms. The van der Waals surface area contributed by atoms with E-state index in [-0.39, 0.29) is 5.41 Å². The molecule has 334 valence electrons. The summed E-state index contributed by atoms with van der Waals surface area (Å²) in [6.07, 6.45) is 0. The normalized spacial score (nSPS) is 13.8. The molecule has 0 N–H and O–H groups in total. The molecule has 71 heavy (non-hydrogen) atoms. The highest BCUT2D eigenvalue weighted by Gasteiger charge is 2.42. The predicted octanol–water partition coefficient (Wildman–Crippen LogP) is 19.1. The molecule has 0 amide bonds. The zero-order chi connectivity index (χ0) is 47.3. The van der Waals surface area contributed by atoms with Crippen molar-refractivity contribution < 1.29 is 0 Å². The maximum Gasteiger partial charge on any atom is 0.0540 e. The van der Waals surface area contributed by atoms with Gasteiger partial charge < -0.3 is 4.90 Å². The number of benzene rings is 12. The zero-order valence-electron chi connectivity index (χ0n) is 39.5. The molecule has 1 nitrogen and oxygen atoms in total. The molecule has 0 saturated heterocycles. The van der Waals surface area contributed by atoms with Gasteiger partial charge in [-0.2, -0.15) is 0 Å². The summed E-state index contributed by atoms with van der Waals surface area (Å²) in [4.78, 5) is 2.50. The van der Waals surface area contributed by atoms with Crippen molar-refractivity contribution in [1.29, 1.82) is 0 Å². The lowest BCUT2D eigenvalue weighted by molar-refractivity contribution is 0.714. The van der Waals surface area contributed by atoms with Crippen LogP contribution in [-0.2, 0) is 5.41 Å². The van der Waals surface area contributed by atoms with Gasteiger partial charge in [-0.25, -0.2) is 0 Å². The molecule has 0 heterocycles. The summed E-state index contributed by atoms with van der Waals surface area (Å²) in [6, 6.07) is 103. The number of para-hydroxylation sites is 2. The highest BCUT2D eigenvalue weighted by Crippen LogP contribution is 2.57. The molecule has 0 aromatic heterocycles. The third kappa shape index (κ3) is 7.08. The van der Waals surface area contributed by atoms with Crippen molar-refractivity contribution >= 4 is 38.6 Å². The lowest BCUT2D eigenvalue weighted by Crippen LogP contribution is -2.22. The highest BCUT2D eigenvalue weighted by atomic mass is 15.1. The minimum Gasteiger partial charge on any atom is -0.309 e. The molecule has 0 radical (unpaired) electrons. The summed E-state index contributed by atoms with van der Waals surface area (Å²) in [6.45, 7) is 2.40. The molecule has 1 atom stereocenters. The first-order valence-electron chi connectivity index (χ1n) is 24.7. The smallest absolute Gasteiger partial charge is 0.0540 e. The molecule has 12 aromatic rings. The molecule has 0 aliphatic heterocycles.